The summed E-state index contributed by atoms with van der Waals surface area (Å²) in [7, 11) is 1.35. The lowest BCUT2D eigenvalue weighted by Crippen LogP contribution is -2.25. The van der Waals surface area contributed by atoms with Crippen LogP contribution >= 0.6 is 0 Å². The number of nitrogens with one attached hydrogen (secondary N) is 1. The number of halogens is 3. The quantitative estimate of drug-likeness (QED) is 0.841. The molecule has 0 spiro atoms. The van der Waals surface area contributed by atoms with Gasteiger partial charge in [-0.1, -0.05) is 6.07 Å². The summed E-state index contributed by atoms with van der Waals surface area (Å²) in [6, 6.07) is 9.78. The second-order valence-corrected chi connectivity index (χ2v) is 4.88. The van der Waals surface area contributed by atoms with Crippen LogP contribution in [-0.2, 0) is 6.42 Å². The van der Waals surface area contributed by atoms with Crippen LogP contribution in [0.15, 0.2) is 42.5 Å². The van der Waals surface area contributed by atoms with Crippen LogP contribution in [0.3, 0.4) is 0 Å². The highest BCUT2D eigenvalue weighted by Gasteiger charge is 2.11. The zero-order valence-electron chi connectivity index (χ0n) is 12.9. The number of amides is 1. The van der Waals surface area contributed by atoms with Gasteiger partial charge in [0, 0.05) is 12.1 Å². The fraction of sp³-hybridized carbons (Fsp3) is 0.235. The van der Waals surface area contributed by atoms with Crippen LogP contribution in [-0.4, -0.2) is 26.2 Å². The summed E-state index contributed by atoms with van der Waals surface area (Å²) in [5.41, 5.74) is 1.14. The van der Waals surface area contributed by atoms with E-state index < -0.39 is 12.4 Å². The van der Waals surface area contributed by atoms with Crippen molar-refractivity contribution in [3.05, 3.63) is 59.4 Å². The number of ether oxygens (including phenoxy) is 2. The van der Waals surface area contributed by atoms with E-state index in [0.29, 0.717) is 18.5 Å². The van der Waals surface area contributed by atoms with E-state index in [2.05, 4.69) is 10.1 Å². The minimum atomic E-state index is -2.93. The molecule has 0 aromatic heterocycles. The van der Waals surface area contributed by atoms with Crippen LogP contribution in [0.4, 0.5) is 13.2 Å². The molecule has 0 fully saturated rings. The fourth-order valence-corrected chi connectivity index (χ4v) is 2.08. The van der Waals surface area contributed by atoms with Crippen molar-refractivity contribution >= 4 is 5.91 Å². The van der Waals surface area contributed by atoms with Crippen molar-refractivity contribution < 1.29 is 27.4 Å². The van der Waals surface area contributed by atoms with E-state index in [-0.39, 0.29) is 17.4 Å². The first-order valence-corrected chi connectivity index (χ1v) is 7.15. The van der Waals surface area contributed by atoms with Crippen LogP contribution in [0.1, 0.15) is 15.9 Å². The Morgan fingerprint density at radius 1 is 1.12 bits per heavy atom. The van der Waals surface area contributed by atoms with Crippen molar-refractivity contribution in [2.75, 3.05) is 13.7 Å². The second-order valence-electron chi connectivity index (χ2n) is 4.88. The molecule has 0 saturated carbocycles. The van der Waals surface area contributed by atoms with E-state index in [0.717, 1.165) is 5.56 Å². The average molecular weight is 339 g/mol. The molecule has 2 rings (SSSR count). The highest BCUT2D eigenvalue weighted by Crippen LogP contribution is 2.29. The van der Waals surface area contributed by atoms with Gasteiger partial charge in [-0.2, -0.15) is 8.78 Å². The molecule has 0 aliphatic rings. The molecule has 0 aliphatic heterocycles. The van der Waals surface area contributed by atoms with Gasteiger partial charge in [0.2, 0.25) is 0 Å². The summed E-state index contributed by atoms with van der Waals surface area (Å²) in [5, 5.41) is 2.70. The largest absolute Gasteiger partial charge is 0.493 e. The molecule has 0 saturated heterocycles. The van der Waals surface area contributed by atoms with Gasteiger partial charge in [-0.05, 0) is 48.4 Å². The first-order valence-electron chi connectivity index (χ1n) is 7.15. The summed E-state index contributed by atoms with van der Waals surface area (Å²) in [6.45, 7) is -2.60. The number of methoxy groups -OCH3 is 1. The number of carbonyl (C=O) groups excluding carboxylic acids is 1. The van der Waals surface area contributed by atoms with Gasteiger partial charge in [0.15, 0.2) is 11.5 Å². The summed E-state index contributed by atoms with van der Waals surface area (Å²) in [6.07, 6.45) is 0.470. The Kier molecular flexibility index (Phi) is 6.06. The number of alkyl halides is 2. The van der Waals surface area contributed by atoms with Gasteiger partial charge in [-0.3, -0.25) is 4.79 Å². The maximum absolute atomic E-state index is 12.8. The Hall–Kier alpha value is -2.70. The standard InChI is InChI=1S/C17H16F3NO3/c1-23-15-10-11(2-7-14(15)24-17(19)20)8-9-21-16(22)12-3-5-13(18)6-4-12/h2-7,10,17H,8-9H2,1H3,(H,21,22). The third-order valence-corrected chi connectivity index (χ3v) is 3.25. The Morgan fingerprint density at radius 3 is 2.46 bits per heavy atom. The Morgan fingerprint density at radius 2 is 1.83 bits per heavy atom. The van der Waals surface area contributed by atoms with Crippen LogP contribution in [0, 0.1) is 5.82 Å². The molecule has 0 atom stereocenters. The monoisotopic (exact) mass is 339 g/mol. The molecule has 0 aliphatic carbocycles. The van der Waals surface area contributed by atoms with Gasteiger partial charge in [0.25, 0.3) is 5.91 Å². The molecule has 1 amide bonds. The summed E-state index contributed by atoms with van der Waals surface area (Å²) in [5.74, 6) is -0.589. The average Bonchev–Trinajstić information content (AvgIpc) is 2.56. The van der Waals surface area contributed by atoms with E-state index in [1.54, 1.807) is 12.1 Å². The SMILES string of the molecule is COc1cc(CCNC(=O)c2ccc(F)cc2)ccc1OC(F)F. The van der Waals surface area contributed by atoms with Gasteiger partial charge in [0.05, 0.1) is 7.11 Å². The first kappa shape index (κ1) is 17.7. The third-order valence-electron chi connectivity index (χ3n) is 3.25. The second kappa shape index (κ2) is 8.24. The molecule has 128 valence electrons. The molecule has 2 aromatic rings. The van der Waals surface area contributed by atoms with Gasteiger partial charge in [-0.15, -0.1) is 0 Å². The molecule has 2 aromatic carbocycles. The highest BCUT2D eigenvalue weighted by molar-refractivity contribution is 5.94. The maximum Gasteiger partial charge on any atom is 0.387 e. The number of carbonyl (C=O) groups is 1. The molecule has 0 heterocycles. The third kappa shape index (κ3) is 4.91. The molecule has 7 heteroatoms. The normalized spacial score (nSPS) is 10.5. The lowest BCUT2D eigenvalue weighted by atomic mass is 10.1. The van der Waals surface area contributed by atoms with Gasteiger partial charge in [-0.25, -0.2) is 4.39 Å². The van der Waals surface area contributed by atoms with Crippen molar-refractivity contribution in [3.8, 4) is 11.5 Å². The van der Waals surface area contributed by atoms with Gasteiger partial charge >= 0.3 is 6.61 Å². The van der Waals surface area contributed by atoms with E-state index >= 15 is 0 Å². The summed E-state index contributed by atoms with van der Waals surface area (Å²) in [4.78, 5) is 11.9. The molecule has 0 radical (unpaired) electrons. The van der Waals surface area contributed by atoms with Crippen molar-refractivity contribution in [1.29, 1.82) is 0 Å². The zero-order valence-corrected chi connectivity index (χ0v) is 12.9. The molecule has 4 nitrogen and oxygen atoms in total. The number of hydrogen-bond donors (Lipinski definition) is 1. The predicted molar refractivity (Wildman–Crippen MR) is 82.1 cm³/mol. The van der Waals surface area contributed by atoms with E-state index in [9.17, 15) is 18.0 Å². The van der Waals surface area contributed by atoms with Gasteiger partial charge < -0.3 is 14.8 Å². The van der Waals surface area contributed by atoms with E-state index in [1.165, 1.54) is 37.4 Å². The van der Waals surface area contributed by atoms with Crippen molar-refractivity contribution in [1.82, 2.24) is 5.32 Å². The Bertz CT molecular complexity index is 690. The lowest BCUT2D eigenvalue weighted by Gasteiger charge is -2.11. The topological polar surface area (TPSA) is 47.6 Å². The smallest absolute Gasteiger partial charge is 0.387 e. The number of benzene rings is 2. The molecule has 0 unspecified atom stereocenters. The van der Waals surface area contributed by atoms with E-state index in [4.69, 9.17) is 4.74 Å². The predicted octanol–water partition coefficient (Wildman–Crippen LogP) is 3.41. The van der Waals surface area contributed by atoms with Crippen LogP contribution in [0.2, 0.25) is 0 Å². The minimum absolute atomic E-state index is 0.0494. The Labute approximate surface area is 137 Å². The van der Waals surface area contributed by atoms with Crippen molar-refractivity contribution in [2.45, 2.75) is 13.0 Å². The lowest BCUT2D eigenvalue weighted by molar-refractivity contribution is -0.0512. The van der Waals surface area contributed by atoms with Crippen molar-refractivity contribution in [2.24, 2.45) is 0 Å². The minimum Gasteiger partial charge on any atom is -0.493 e. The van der Waals surface area contributed by atoms with E-state index in [1.807, 2.05) is 0 Å². The first-order chi connectivity index (χ1) is 11.5. The van der Waals surface area contributed by atoms with Crippen LogP contribution in [0.5, 0.6) is 11.5 Å². The van der Waals surface area contributed by atoms with Crippen molar-refractivity contribution in [3.63, 3.8) is 0 Å². The fourth-order valence-electron chi connectivity index (χ4n) is 2.08. The summed E-state index contributed by atoms with van der Waals surface area (Å²) < 4.78 is 46.7. The number of rotatable bonds is 7. The number of hydrogen-bond acceptors (Lipinski definition) is 3. The van der Waals surface area contributed by atoms with Crippen LogP contribution < -0.4 is 14.8 Å². The van der Waals surface area contributed by atoms with Gasteiger partial charge in [0.1, 0.15) is 5.82 Å². The Balaban J connectivity index is 1.92. The molecule has 24 heavy (non-hydrogen) atoms. The molecule has 1 N–H and O–H groups in total. The zero-order chi connectivity index (χ0) is 17.5. The highest BCUT2D eigenvalue weighted by atomic mass is 19.3. The molecule has 0 bridgehead atoms. The summed E-state index contributed by atoms with van der Waals surface area (Å²) >= 11 is 0. The molecular formula is C17H16F3NO3. The molecular weight excluding hydrogens is 323 g/mol. The maximum atomic E-state index is 12.8. The van der Waals surface area contributed by atoms with Crippen LogP contribution in [0.25, 0.3) is 0 Å².